The molecule has 38 heavy (non-hydrogen) atoms. The summed E-state index contributed by atoms with van der Waals surface area (Å²) in [6.07, 6.45) is 3.08. The van der Waals surface area contributed by atoms with Crippen LogP contribution >= 0.6 is 0 Å². The van der Waals surface area contributed by atoms with Gasteiger partial charge in [0.05, 0.1) is 0 Å². The summed E-state index contributed by atoms with van der Waals surface area (Å²) in [5.41, 5.74) is 2.47. The summed E-state index contributed by atoms with van der Waals surface area (Å²) in [6.45, 7) is 6.79. The van der Waals surface area contributed by atoms with E-state index in [2.05, 4.69) is 36.6 Å². The molecule has 0 unspecified atom stereocenters. The second kappa shape index (κ2) is 83.9. The van der Waals surface area contributed by atoms with Gasteiger partial charge in [-0.05, 0) is 37.8 Å². The summed E-state index contributed by atoms with van der Waals surface area (Å²) < 4.78 is 144. The average molecular weight is 619 g/mol. The number of urea groups is 1. The normalized spacial score (nSPS) is 6.76. The van der Waals surface area contributed by atoms with Gasteiger partial charge in [0.1, 0.15) is 0 Å². The van der Waals surface area contributed by atoms with Gasteiger partial charge in [0, 0.05) is 115 Å². The van der Waals surface area contributed by atoms with E-state index < -0.39 is 0 Å². The molecule has 1 aromatic carbocycles. The average Bonchev–Trinajstić information content (AvgIpc) is 3.05. The van der Waals surface area contributed by atoms with Crippen molar-refractivity contribution in [1.82, 2.24) is 10.2 Å². The molecular weight excluding hydrogens is 592 g/mol. The molecular formula is C16H27F18N3O. The summed E-state index contributed by atoms with van der Waals surface area (Å²) >= 11 is 0. The Hall–Kier alpha value is -2.97. The van der Waals surface area contributed by atoms with Crippen LogP contribution in [-0.4, -0.2) is 37.6 Å². The van der Waals surface area contributed by atoms with E-state index >= 15 is 0 Å². The van der Waals surface area contributed by atoms with E-state index in [0.29, 0.717) is 0 Å². The number of halogens is 18. The highest BCUT2D eigenvalue weighted by Gasteiger charge is 2.09. The Labute approximate surface area is 205 Å². The van der Waals surface area contributed by atoms with E-state index in [0.717, 1.165) is 38.9 Å². The largest absolute Gasteiger partial charge is 0.385 e. The number of unbranched alkanes of at least 4 members (excludes halogenated alkanes) is 1. The molecule has 1 aromatic rings. The fourth-order valence-corrected chi connectivity index (χ4v) is 2.16. The molecule has 0 fully saturated rings. The van der Waals surface area contributed by atoms with Gasteiger partial charge in [0.15, 0.2) is 0 Å². The molecule has 0 heterocycles. The van der Waals surface area contributed by atoms with E-state index in [-0.39, 0.29) is 6.03 Å². The molecule has 2 amide bonds. The maximum absolute atomic E-state index is 11.6. The molecule has 0 saturated heterocycles. The van der Waals surface area contributed by atoms with Gasteiger partial charge in [0.25, 0.3) is 0 Å². The van der Waals surface area contributed by atoms with Crippen molar-refractivity contribution >= 4 is 11.7 Å². The molecule has 0 saturated carbocycles. The van der Waals surface area contributed by atoms with Crippen LogP contribution < -0.4 is 10.6 Å². The fraction of sp³-hybridized carbons (Fsp3) is 0.562. The highest BCUT2D eigenvalue weighted by atomic mass is 20.0. The van der Waals surface area contributed by atoms with Crippen molar-refractivity contribution < 1.29 is 87.1 Å². The Morgan fingerprint density at radius 1 is 0.684 bits per heavy atom. The van der Waals surface area contributed by atoms with Crippen LogP contribution in [0, 0.1) is 6.92 Å². The topological polar surface area (TPSA) is 44.4 Å². The minimum Gasteiger partial charge on any atom is -0.385 e. The van der Waals surface area contributed by atoms with Crippen LogP contribution in [0.4, 0.5) is 92.8 Å². The number of para-hydroxylation sites is 1. The lowest BCUT2D eigenvalue weighted by Crippen LogP contribution is -2.39. The second-order valence-electron chi connectivity index (χ2n) is 4.99. The van der Waals surface area contributed by atoms with Crippen LogP contribution in [0.3, 0.4) is 0 Å². The summed E-state index contributed by atoms with van der Waals surface area (Å²) in [5, 5.41) is 6.14. The van der Waals surface area contributed by atoms with Crippen molar-refractivity contribution in [3.8, 4) is 0 Å². The third-order valence-corrected chi connectivity index (χ3v) is 3.31. The van der Waals surface area contributed by atoms with E-state index in [9.17, 15) is 4.79 Å². The molecule has 0 aliphatic heterocycles. The number of carbonyl (C=O) groups excluding carboxylic acids is 1. The predicted molar refractivity (Wildman–Crippen MR) is 105 cm³/mol. The van der Waals surface area contributed by atoms with Gasteiger partial charge in [-0.3, -0.25) is 0 Å². The molecule has 2 N–H and O–H groups in total. The third kappa shape index (κ3) is 54.1. The van der Waals surface area contributed by atoms with Crippen LogP contribution in [0.15, 0.2) is 24.3 Å². The summed E-state index contributed by atoms with van der Waals surface area (Å²) in [4.78, 5) is 13.5. The molecule has 0 radical (unpaired) electrons. The van der Waals surface area contributed by atoms with Gasteiger partial charge in [0.2, 0.25) is 0 Å². The van der Waals surface area contributed by atoms with Gasteiger partial charge >= 0.3 is 6.03 Å². The minimum absolute atomic E-state index is 0.0266. The maximum atomic E-state index is 11.6. The number of aryl methyl sites for hydroxylation is 1. The lowest BCUT2D eigenvalue weighted by molar-refractivity contribution is 0.108. The second-order valence-corrected chi connectivity index (χ2v) is 4.99. The first-order valence-corrected chi connectivity index (χ1v) is 8.73. The Morgan fingerprint density at radius 3 is 1.42 bits per heavy atom. The van der Waals surface area contributed by atoms with E-state index in [1.165, 1.54) is 11.3 Å². The SMILES string of the molecule is CCCN(CCCCNc1ccccc1C)C(=O)NC.FF.FF.FF.FF.FF.FF.FF.FF.FF. The van der Waals surface area contributed by atoms with Gasteiger partial charge in [-0.2, -0.15) is 0 Å². The van der Waals surface area contributed by atoms with Gasteiger partial charge < -0.3 is 15.5 Å². The Balaban J connectivity index is -0.0000000564. The number of nitrogens with one attached hydrogen (secondary N) is 2. The first-order chi connectivity index (χ1) is 18.7. The lowest BCUT2D eigenvalue weighted by atomic mass is 10.2. The number of carbonyl (C=O) groups is 1. The fourth-order valence-electron chi connectivity index (χ4n) is 2.16. The van der Waals surface area contributed by atoms with Crippen molar-refractivity contribution in [1.29, 1.82) is 0 Å². The smallest absolute Gasteiger partial charge is 0.317 e. The zero-order valence-electron chi connectivity index (χ0n) is 19.7. The summed E-state index contributed by atoms with van der Waals surface area (Å²) in [6, 6.07) is 8.33. The molecule has 0 spiro atoms. The van der Waals surface area contributed by atoms with Crippen LogP contribution in [0.5, 0.6) is 0 Å². The van der Waals surface area contributed by atoms with E-state index in [1.54, 1.807) is 7.05 Å². The number of anilines is 1. The Bertz CT molecular complexity index is 444. The van der Waals surface area contributed by atoms with Gasteiger partial charge in [-0.1, -0.05) is 25.1 Å². The van der Waals surface area contributed by atoms with E-state index in [1.807, 2.05) is 17.0 Å². The first-order valence-electron chi connectivity index (χ1n) is 8.73. The molecule has 0 aromatic heterocycles. The Kier molecular flexibility index (Phi) is 132. The molecule has 0 atom stereocenters. The van der Waals surface area contributed by atoms with Crippen LogP contribution in [0.2, 0.25) is 0 Å². The van der Waals surface area contributed by atoms with Crippen molar-refractivity contribution in [2.24, 2.45) is 0 Å². The number of amides is 2. The third-order valence-electron chi connectivity index (χ3n) is 3.31. The molecule has 0 aliphatic rings. The summed E-state index contributed by atoms with van der Waals surface area (Å²) in [5.74, 6) is 0. The number of hydrogen-bond acceptors (Lipinski definition) is 2. The van der Waals surface area contributed by atoms with Crippen LogP contribution in [-0.2, 0) is 0 Å². The van der Waals surface area contributed by atoms with Crippen LogP contribution in [0.25, 0.3) is 0 Å². The maximum Gasteiger partial charge on any atom is 0.317 e. The van der Waals surface area contributed by atoms with Crippen molar-refractivity contribution in [2.75, 3.05) is 32.0 Å². The molecule has 1 rings (SSSR count). The Morgan fingerprint density at radius 2 is 1.08 bits per heavy atom. The summed E-state index contributed by atoms with van der Waals surface area (Å²) in [7, 11) is 1.69. The highest BCUT2D eigenvalue weighted by molar-refractivity contribution is 5.73. The lowest BCUT2D eigenvalue weighted by Gasteiger charge is -2.21. The number of rotatable bonds is 8. The van der Waals surface area contributed by atoms with Crippen molar-refractivity contribution in [3.63, 3.8) is 0 Å². The highest BCUT2D eigenvalue weighted by Crippen LogP contribution is 2.13. The van der Waals surface area contributed by atoms with Gasteiger partial charge in [-0.15, -0.1) is 0 Å². The number of nitrogens with zero attached hydrogens (tertiary/aromatic N) is 1. The predicted octanol–water partition coefficient (Wildman–Crippen LogP) is 10.8. The minimum atomic E-state index is 0.0266. The zero-order valence-corrected chi connectivity index (χ0v) is 19.7. The number of hydrogen-bond donors (Lipinski definition) is 2. The van der Waals surface area contributed by atoms with E-state index in [4.69, 9.17) is 82.3 Å². The molecule has 0 aliphatic carbocycles. The number of benzene rings is 1. The molecule has 22 heteroatoms. The van der Waals surface area contributed by atoms with Crippen LogP contribution in [0.1, 0.15) is 31.7 Å². The van der Waals surface area contributed by atoms with Crippen molar-refractivity contribution in [2.45, 2.75) is 33.1 Å². The quantitative estimate of drug-likeness (QED) is 0.225. The van der Waals surface area contributed by atoms with Gasteiger partial charge in [-0.25, -0.2) is 4.79 Å². The van der Waals surface area contributed by atoms with Crippen molar-refractivity contribution in [3.05, 3.63) is 29.8 Å². The zero-order chi connectivity index (χ0) is 32.8. The molecule has 238 valence electrons. The molecule has 4 nitrogen and oxygen atoms in total. The monoisotopic (exact) mass is 619 g/mol. The molecule has 0 bridgehead atoms. The first kappa shape index (κ1) is 59.9. The standard InChI is InChI=1S/C16H27N3O.9F2/c1-4-12-19(16(20)17-3)13-8-7-11-18-15-10-6-5-9-14(15)2;9*1-2/h5-6,9-10,18H,4,7-8,11-13H2,1-3H3,(H,17,20);;;;;;;;;.